The fourth-order valence-corrected chi connectivity index (χ4v) is 6.71. The largest absolute Gasteiger partial charge is 0.390 e. The Morgan fingerprint density at radius 1 is 1.07 bits per heavy atom. The first-order valence-electron chi connectivity index (χ1n) is 11.3. The summed E-state index contributed by atoms with van der Waals surface area (Å²) in [5.41, 5.74) is 14.5. The molecule has 1 aromatic rings. The Labute approximate surface area is 179 Å². The molecule has 0 aliphatic heterocycles. The van der Waals surface area contributed by atoms with E-state index in [1.54, 1.807) is 0 Å². The van der Waals surface area contributed by atoms with Gasteiger partial charge in [0, 0.05) is 19.1 Å². The Kier molecular flexibility index (Phi) is 9.79. The molecule has 2 rings (SSSR count). The van der Waals surface area contributed by atoms with Crippen LogP contribution in [0.1, 0.15) is 58.4 Å². The van der Waals surface area contributed by atoms with Gasteiger partial charge < -0.3 is 14.6 Å². The highest BCUT2D eigenvalue weighted by Crippen LogP contribution is 2.23. The van der Waals surface area contributed by atoms with Crippen molar-refractivity contribution in [3.05, 3.63) is 35.9 Å². The predicted octanol–water partition coefficient (Wildman–Crippen LogP) is 4.13. The van der Waals surface area contributed by atoms with Crippen LogP contribution in [0, 0.1) is 5.92 Å². The van der Waals surface area contributed by atoms with Crippen molar-refractivity contribution in [2.45, 2.75) is 90.1 Å². The van der Waals surface area contributed by atoms with E-state index in [2.05, 4.69) is 69.0 Å². The molecule has 0 saturated heterocycles. The van der Waals surface area contributed by atoms with Gasteiger partial charge in [-0.05, 0) is 64.6 Å². The molecule has 0 bridgehead atoms. The molecule has 1 fully saturated rings. The Bertz CT molecular complexity index is 571. The second-order valence-electron chi connectivity index (χ2n) is 9.89. The molecule has 1 saturated carbocycles. The third-order valence-corrected chi connectivity index (χ3v) is 7.30. The number of nitrogens with one attached hydrogen (secondary N) is 2. The molecule has 0 aromatic heterocycles. The lowest BCUT2D eigenvalue weighted by Crippen LogP contribution is -2.54. The van der Waals surface area contributed by atoms with Crippen molar-refractivity contribution in [2.75, 3.05) is 13.1 Å². The summed E-state index contributed by atoms with van der Waals surface area (Å²) in [7, 11) is -2.32. The fourth-order valence-electron chi connectivity index (χ4n) is 4.20. The summed E-state index contributed by atoms with van der Waals surface area (Å²) in [6.45, 7) is 12.1. The van der Waals surface area contributed by atoms with Crippen molar-refractivity contribution in [1.82, 2.24) is 10.9 Å². The number of hydrogen-bond donors (Lipinski definition) is 3. The van der Waals surface area contributed by atoms with Gasteiger partial charge in [0.25, 0.3) is 0 Å². The van der Waals surface area contributed by atoms with Crippen LogP contribution < -0.4 is 16.6 Å². The van der Waals surface area contributed by atoms with Crippen LogP contribution in [0.4, 0.5) is 0 Å². The van der Waals surface area contributed by atoms with Gasteiger partial charge in [-0.1, -0.05) is 49.6 Å². The summed E-state index contributed by atoms with van der Waals surface area (Å²) >= 11 is 0. The van der Waals surface area contributed by atoms with E-state index in [0.717, 1.165) is 18.9 Å². The molecule has 6 heteroatoms. The van der Waals surface area contributed by atoms with Crippen molar-refractivity contribution in [3.8, 4) is 0 Å². The molecule has 2 atom stereocenters. The van der Waals surface area contributed by atoms with Crippen molar-refractivity contribution < 1.29 is 8.85 Å². The monoisotopic (exact) mass is 421 g/mol. The summed E-state index contributed by atoms with van der Waals surface area (Å²) in [4.78, 5) is 0. The SMILES string of the molecule is CC(C)(C)O[Si](C)(C)O[C@H](CNNCC1CCCCC1)[C@H](N)Cc1ccccc1. The van der Waals surface area contributed by atoms with Gasteiger partial charge in [0.1, 0.15) is 0 Å². The number of nitrogens with two attached hydrogens (primary N) is 1. The van der Waals surface area contributed by atoms with Gasteiger partial charge in [0.2, 0.25) is 0 Å². The first-order chi connectivity index (χ1) is 13.6. The van der Waals surface area contributed by atoms with E-state index in [4.69, 9.17) is 14.6 Å². The molecule has 1 aromatic carbocycles. The summed E-state index contributed by atoms with van der Waals surface area (Å²) in [5.74, 6) is 0.781. The molecular weight excluding hydrogens is 378 g/mol. The van der Waals surface area contributed by atoms with E-state index >= 15 is 0 Å². The van der Waals surface area contributed by atoms with Crippen molar-refractivity contribution in [2.24, 2.45) is 11.7 Å². The zero-order valence-electron chi connectivity index (χ0n) is 19.2. The third-order valence-electron chi connectivity index (χ3n) is 5.32. The normalized spacial score (nSPS) is 18.6. The van der Waals surface area contributed by atoms with E-state index in [9.17, 15) is 0 Å². The van der Waals surface area contributed by atoms with Crippen molar-refractivity contribution in [1.29, 1.82) is 0 Å². The van der Waals surface area contributed by atoms with Gasteiger partial charge >= 0.3 is 8.56 Å². The van der Waals surface area contributed by atoms with Crippen LogP contribution in [-0.2, 0) is 15.3 Å². The van der Waals surface area contributed by atoms with Crippen LogP contribution in [0.25, 0.3) is 0 Å². The predicted molar refractivity (Wildman–Crippen MR) is 124 cm³/mol. The maximum absolute atomic E-state index is 6.62. The van der Waals surface area contributed by atoms with Gasteiger partial charge in [-0.2, -0.15) is 0 Å². The van der Waals surface area contributed by atoms with E-state index in [-0.39, 0.29) is 17.7 Å². The minimum Gasteiger partial charge on any atom is -0.390 e. The molecule has 0 amide bonds. The lowest BCUT2D eigenvalue weighted by molar-refractivity contribution is 0.0385. The van der Waals surface area contributed by atoms with Crippen LogP contribution in [0.2, 0.25) is 13.1 Å². The zero-order chi connectivity index (χ0) is 21.3. The highest BCUT2D eigenvalue weighted by molar-refractivity contribution is 6.64. The topological polar surface area (TPSA) is 68.5 Å². The average molecular weight is 422 g/mol. The Morgan fingerprint density at radius 2 is 1.72 bits per heavy atom. The summed E-state index contributed by atoms with van der Waals surface area (Å²) < 4.78 is 12.8. The maximum atomic E-state index is 6.62. The molecule has 0 heterocycles. The van der Waals surface area contributed by atoms with Crippen LogP contribution in [0.15, 0.2) is 30.3 Å². The van der Waals surface area contributed by atoms with Crippen molar-refractivity contribution >= 4 is 8.56 Å². The standard InChI is InChI=1S/C23H43N3O2Si/c1-23(2,3)28-29(4,5)27-22(21(24)16-19-12-8-6-9-13-19)18-26-25-17-20-14-10-7-11-15-20/h6,8-9,12-13,20-22,25-26H,7,10-11,14-18,24H2,1-5H3/t21-,22-/m1/s1. The van der Waals surface area contributed by atoms with Crippen LogP contribution in [-0.4, -0.2) is 39.4 Å². The molecular formula is C23H43N3O2Si. The fraction of sp³-hybridized carbons (Fsp3) is 0.739. The number of hydrogen-bond acceptors (Lipinski definition) is 5. The third kappa shape index (κ3) is 10.2. The highest BCUT2D eigenvalue weighted by Gasteiger charge is 2.35. The quantitative estimate of drug-likeness (QED) is 0.285. The molecule has 5 nitrogen and oxygen atoms in total. The second-order valence-corrected chi connectivity index (χ2v) is 13.1. The molecule has 4 N–H and O–H groups in total. The summed E-state index contributed by atoms with van der Waals surface area (Å²) in [5, 5.41) is 0. The molecule has 29 heavy (non-hydrogen) atoms. The van der Waals surface area contributed by atoms with Gasteiger partial charge in [-0.25, -0.2) is 0 Å². The lowest BCUT2D eigenvalue weighted by atomic mass is 9.89. The van der Waals surface area contributed by atoms with Crippen molar-refractivity contribution in [3.63, 3.8) is 0 Å². The average Bonchev–Trinajstić information content (AvgIpc) is 2.64. The van der Waals surface area contributed by atoms with E-state index in [1.165, 1.54) is 37.7 Å². The Balaban J connectivity index is 1.91. The molecule has 1 aliphatic carbocycles. The lowest BCUT2D eigenvalue weighted by Gasteiger charge is -2.37. The second kappa shape index (κ2) is 11.6. The highest BCUT2D eigenvalue weighted by atomic mass is 28.4. The first-order valence-corrected chi connectivity index (χ1v) is 14.1. The van der Waals surface area contributed by atoms with E-state index in [0.29, 0.717) is 6.54 Å². The minimum absolute atomic E-state index is 0.100. The van der Waals surface area contributed by atoms with Gasteiger partial charge in [0.05, 0.1) is 11.7 Å². The number of hydrazine groups is 1. The minimum atomic E-state index is -2.32. The molecule has 1 aliphatic rings. The molecule has 0 unspecified atom stereocenters. The Hall–Kier alpha value is -0.763. The van der Waals surface area contributed by atoms with E-state index < -0.39 is 8.56 Å². The first kappa shape index (κ1) is 24.5. The van der Waals surface area contributed by atoms with E-state index in [1.807, 2.05) is 6.07 Å². The van der Waals surface area contributed by atoms with Gasteiger partial charge in [0.15, 0.2) is 0 Å². The molecule has 0 radical (unpaired) electrons. The van der Waals surface area contributed by atoms with Gasteiger partial charge in [-0.3, -0.25) is 10.9 Å². The number of benzene rings is 1. The summed E-state index contributed by atoms with van der Waals surface area (Å²) in [6.07, 6.45) is 7.46. The Morgan fingerprint density at radius 3 is 2.34 bits per heavy atom. The van der Waals surface area contributed by atoms with Crippen LogP contribution in [0.3, 0.4) is 0 Å². The molecule has 0 spiro atoms. The zero-order valence-corrected chi connectivity index (χ0v) is 20.2. The molecule has 166 valence electrons. The van der Waals surface area contributed by atoms with Crippen LogP contribution >= 0.6 is 0 Å². The maximum Gasteiger partial charge on any atom is 0.332 e. The smallest absolute Gasteiger partial charge is 0.332 e. The van der Waals surface area contributed by atoms with Gasteiger partial charge in [-0.15, -0.1) is 0 Å². The number of rotatable bonds is 11. The van der Waals surface area contributed by atoms with Crippen LogP contribution in [0.5, 0.6) is 0 Å². The summed E-state index contributed by atoms with van der Waals surface area (Å²) in [6, 6.07) is 10.3.